The highest BCUT2D eigenvalue weighted by molar-refractivity contribution is 5.55. The highest BCUT2D eigenvalue weighted by Crippen LogP contribution is 2.29. The van der Waals surface area contributed by atoms with Gasteiger partial charge in [0.2, 0.25) is 0 Å². The first kappa shape index (κ1) is 15.3. The number of halogens is 1. The molecule has 0 bridgehead atoms. The first-order chi connectivity index (χ1) is 9.61. The maximum atomic E-state index is 14.1. The fourth-order valence-corrected chi connectivity index (χ4v) is 2.89. The van der Waals surface area contributed by atoms with Crippen molar-refractivity contribution in [2.75, 3.05) is 24.5 Å². The van der Waals surface area contributed by atoms with E-state index < -0.39 is 0 Å². The summed E-state index contributed by atoms with van der Waals surface area (Å²) in [5, 5.41) is 3.36. The van der Waals surface area contributed by atoms with E-state index in [2.05, 4.69) is 37.1 Å². The molecule has 1 saturated heterocycles. The molecule has 0 saturated carbocycles. The first-order valence-corrected chi connectivity index (χ1v) is 7.84. The van der Waals surface area contributed by atoms with Crippen LogP contribution in [0.2, 0.25) is 0 Å². The second-order valence-electron chi connectivity index (χ2n) is 6.27. The number of nitrogens with one attached hydrogen (secondary N) is 1. The third-order valence-electron chi connectivity index (χ3n) is 4.15. The summed E-state index contributed by atoms with van der Waals surface area (Å²) >= 11 is 0. The number of benzene rings is 1. The molecule has 2 nitrogen and oxygen atoms in total. The van der Waals surface area contributed by atoms with Crippen molar-refractivity contribution in [3.63, 3.8) is 0 Å². The van der Waals surface area contributed by atoms with Crippen LogP contribution in [0.15, 0.2) is 18.2 Å². The second-order valence-corrected chi connectivity index (χ2v) is 6.27. The maximum Gasteiger partial charge on any atom is 0.129 e. The SMILES string of the molecule is CCC1CCN(c2cccc(F)c2CNCC(C)C)C1. The van der Waals surface area contributed by atoms with Crippen molar-refractivity contribution in [3.8, 4) is 0 Å². The third kappa shape index (κ3) is 3.72. The van der Waals surface area contributed by atoms with Gasteiger partial charge in [0.15, 0.2) is 0 Å². The minimum atomic E-state index is -0.0845. The van der Waals surface area contributed by atoms with Crippen molar-refractivity contribution in [1.29, 1.82) is 0 Å². The molecule has 3 heteroatoms. The predicted molar refractivity (Wildman–Crippen MR) is 83.6 cm³/mol. The summed E-state index contributed by atoms with van der Waals surface area (Å²) in [6, 6.07) is 5.46. The lowest BCUT2D eigenvalue weighted by molar-refractivity contribution is 0.534. The van der Waals surface area contributed by atoms with Gasteiger partial charge in [-0.1, -0.05) is 33.3 Å². The Labute approximate surface area is 122 Å². The monoisotopic (exact) mass is 278 g/mol. The van der Waals surface area contributed by atoms with Crippen LogP contribution in [-0.2, 0) is 6.54 Å². The molecule has 1 unspecified atom stereocenters. The minimum absolute atomic E-state index is 0.0845. The van der Waals surface area contributed by atoms with Gasteiger partial charge in [-0.3, -0.25) is 0 Å². The van der Waals surface area contributed by atoms with Gasteiger partial charge in [-0.25, -0.2) is 4.39 Å². The molecule has 0 aliphatic carbocycles. The summed E-state index contributed by atoms with van der Waals surface area (Å²) in [5.41, 5.74) is 1.90. The molecule has 0 spiro atoms. The lowest BCUT2D eigenvalue weighted by atomic mass is 10.1. The Morgan fingerprint density at radius 1 is 1.40 bits per heavy atom. The zero-order valence-corrected chi connectivity index (χ0v) is 13.0. The van der Waals surface area contributed by atoms with Crippen LogP contribution >= 0.6 is 0 Å². The summed E-state index contributed by atoms with van der Waals surface area (Å²) in [6.07, 6.45) is 2.44. The molecule has 0 aromatic heterocycles. The molecule has 1 N–H and O–H groups in total. The molecule has 1 fully saturated rings. The van der Waals surface area contributed by atoms with Gasteiger partial charge in [0, 0.05) is 30.9 Å². The van der Waals surface area contributed by atoms with E-state index in [4.69, 9.17) is 0 Å². The summed E-state index contributed by atoms with van der Waals surface area (Å²) in [4.78, 5) is 2.35. The van der Waals surface area contributed by atoms with E-state index >= 15 is 0 Å². The summed E-state index contributed by atoms with van der Waals surface area (Å²) in [7, 11) is 0. The van der Waals surface area contributed by atoms with Crippen LogP contribution in [0.25, 0.3) is 0 Å². The van der Waals surface area contributed by atoms with E-state index in [0.717, 1.165) is 36.8 Å². The van der Waals surface area contributed by atoms with Gasteiger partial charge in [0.05, 0.1) is 0 Å². The van der Waals surface area contributed by atoms with E-state index in [1.165, 1.54) is 12.8 Å². The highest BCUT2D eigenvalue weighted by atomic mass is 19.1. The molecule has 20 heavy (non-hydrogen) atoms. The molecule has 1 heterocycles. The Kier molecular flexibility index (Phi) is 5.41. The van der Waals surface area contributed by atoms with Gasteiger partial charge in [-0.2, -0.15) is 0 Å². The van der Waals surface area contributed by atoms with Crippen LogP contribution in [0.3, 0.4) is 0 Å². The minimum Gasteiger partial charge on any atom is -0.371 e. The average Bonchev–Trinajstić information content (AvgIpc) is 2.89. The van der Waals surface area contributed by atoms with Crippen molar-refractivity contribution in [2.45, 2.75) is 40.2 Å². The van der Waals surface area contributed by atoms with Crippen molar-refractivity contribution in [1.82, 2.24) is 5.32 Å². The van der Waals surface area contributed by atoms with Crippen LogP contribution in [-0.4, -0.2) is 19.6 Å². The molecule has 1 aromatic carbocycles. The predicted octanol–water partition coefficient (Wildman–Crippen LogP) is 3.81. The van der Waals surface area contributed by atoms with Crippen molar-refractivity contribution in [2.24, 2.45) is 11.8 Å². The number of hydrogen-bond donors (Lipinski definition) is 1. The topological polar surface area (TPSA) is 15.3 Å². The molecule has 1 aliphatic heterocycles. The summed E-state index contributed by atoms with van der Waals surface area (Å²) in [6.45, 7) is 10.2. The number of hydrogen-bond acceptors (Lipinski definition) is 2. The van der Waals surface area contributed by atoms with Crippen molar-refractivity contribution in [3.05, 3.63) is 29.6 Å². The average molecular weight is 278 g/mol. The fraction of sp³-hybridized carbons (Fsp3) is 0.647. The second kappa shape index (κ2) is 7.07. The maximum absolute atomic E-state index is 14.1. The summed E-state index contributed by atoms with van der Waals surface area (Å²) < 4.78 is 14.1. The van der Waals surface area contributed by atoms with Crippen molar-refractivity contribution >= 4 is 5.69 Å². The fourth-order valence-electron chi connectivity index (χ4n) is 2.89. The van der Waals surface area contributed by atoms with Crippen LogP contribution in [0.5, 0.6) is 0 Å². The van der Waals surface area contributed by atoms with E-state index in [0.29, 0.717) is 12.5 Å². The molecule has 112 valence electrons. The van der Waals surface area contributed by atoms with Crippen LogP contribution < -0.4 is 10.2 Å². The Bertz CT molecular complexity index is 431. The van der Waals surface area contributed by atoms with E-state index in [1.807, 2.05) is 6.07 Å². The van der Waals surface area contributed by atoms with Gasteiger partial charge in [0.25, 0.3) is 0 Å². The van der Waals surface area contributed by atoms with E-state index in [1.54, 1.807) is 6.07 Å². The molecule has 1 atom stereocenters. The smallest absolute Gasteiger partial charge is 0.129 e. The lowest BCUT2D eigenvalue weighted by Gasteiger charge is -2.23. The van der Waals surface area contributed by atoms with Crippen LogP contribution in [0.4, 0.5) is 10.1 Å². The van der Waals surface area contributed by atoms with Crippen LogP contribution in [0, 0.1) is 17.7 Å². The van der Waals surface area contributed by atoms with E-state index in [-0.39, 0.29) is 5.82 Å². The molecule has 1 aromatic rings. The zero-order valence-electron chi connectivity index (χ0n) is 13.0. The third-order valence-corrected chi connectivity index (χ3v) is 4.15. The van der Waals surface area contributed by atoms with Gasteiger partial charge in [-0.15, -0.1) is 0 Å². The molecule has 2 rings (SSSR count). The Hall–Kier alpha value is -1.09. The van der Waals surface area contributed by atoms with E-state index in [9.17, 15) is 4.39 Å². The number of rotatable bonds is 6. The first-order valence-electron chi connectivity index (χ1n) is 7.84. The Morgan fingerprint density at radius 2 is 2.20 bits per heavy atom. The normalized spacial score (nSPS) is 19.1. The summed E-state index contributed by atoms with van der Waals surface area (Å²) in [5.74, 6) is 1.26. The molecular formula is C17H27FN2. The lowest BCUT2D eigenvalue weighted by Crippen LogP contribution is -2.25. The number of anilines is 1. The molecule has 0 radical (unpaired) electrons. The number of nitrogens with zero attached hydrogens (tertiary/aromatic N) is 1. The molecule has 1 aliphatic rings. The molecular weight excluding hydrogens is 251 g/mol. The Balaban J connectivity index is 2.10. The quantitative estimate of drug-likeness (QED) is 0.851. The highest BCUT2D eigenvalue weighted by Gasteiger charge is 2.23. The van der Waals surface area contributed by atoms with Gasteiger partial charge >= 0.3 is 0 Å². The Morgan fingerprint density at radius 3 is 2.85 bits per heavy atom. The van der Waals surface area contributed by atoms with Gasteiger partial charge < -0.3 is 10.2 Å². The zero-order chi connectivity index (χ0) is 14.5. The standard InChI is InChI=1S/C17H27FN2/c1-4-14-8-9-20(12-14)17-7-5-6-16(18)15(17)11-19-10-13(2)3/h5-7,13-14,19H,4,8-12H2,1-3H3. The van der Waals surface area contributed by atoms with Gasteiger partial charge in [-0.05, 0) is 36.9 Å². The molecule has 0 amide bonds. The largest absolute Gasteiger partial charge is 0.371 e. The van der Waals surface area contributed by atoms with Crippen molar-refractivity contribution < 1.29 is 4.39 Å². The van der Waals surface area contributed by atoms with Gasteiger partial charge in [0.1, 0.15) is 5.82 Å². The van der Waals surface area contributed by atoms with Crippen LogP contribution in [0.1, 0.15) is 39.2 Å².